The Labute approximate surface area is 194 Å². The molecule has 0 radical (unpaired) electrons. The summed E-state index contributed by atoms with van der Waals surface area (Å²) in [5, 5.41) is 14.5. The fraction of sp³-hybridized carbons (Fsp3) is 0.167. The molecule has 9 heteroatoms. The van der Waals surface area contributed by atoms with Crippen molar-refractivity contribution in [3.63, 3.8) is 0 Å². The molecular formula is C24H20N4O4S. The van der Waals surface area contributed by atoms with Gasteiger partial charge in [0.1, 0.15) is 5.75 Å². The maximum Gasteiger partial charge on any atom is 0.284 e. The molecule has 1 atom stereocenters. The average Bonchev–Trinajstić information content (AvgIpc) is 3.64. The van der Waals surface area contributed by atoms with Crippen molar-refractivity contribution in [1.29, 1.82) is 0 Å². The molecule has 0 N–H and O–H groups in total. The van der Waals surface area contributed by atoms with Crippen molar-refractivity contribution >= 4 is 23.4 Å². The molecule has 5 rings (SSSR count). The van der Waals surface area contributed by atoms with Crippen LogP contribution in [0.1, 0.15) is 23.6 Å². The molecule has 0 saturated carbocycles. The Morgan fingerprint density at radius 3 is 2.64 bits per heavy atom. The lowest BCUT2D eigenvalue weighted by Crippen LogP contribution is -2.28. The minimum atomic E-state index is -0.208. The van der Waals surface area contributed by atoms with E-state index < -0.39 is 0 Å². The molecule has 0 aliphatic carbocycles. The maximum atomic E-state index is 13.2. The summed E-state index contributed by atoms with van der Waals surface area (Å²) in [6, 6.07) is 20.9. The third-order valence-electron chi connectivity index (χ3n) is 5.23. The Balaban J connectivity index is 1.34. The summed E-state index contributed by atoms with van der Waals surface area (Å²) in [5.41, 5.74) is 2.85. The zero-order chi connectivity index (χ0) is 22.6. The lowest BCUT2D eigenvalue weighted by molar-refractivity contribution is -0.130. The number of hydrogen-bond acceptors (Lipinski definition) is 8. The van der Waals surface area contributed by atoms with Gasteiger partial charge in [0.05, 0.1) is 30.9 Å². The number of hydrogen-bond donors (Lipinski definition) is 0. The molecule has 0 saturated heterocycles. The Morgan fingerprint density at radius 1 is 1.09 bits per heavy atom. The second kappa shape index (κ2) is 9.33. The van der Waals surface area contributed by atoms with E-state index in [1.165, 1.54) is 18.0 Å². The second-order valence-corrected chi connectivity index (χ2v) is 8.21. The highest BCUT2D eigenvalue weighted by atomic mass is 32.2. The number of furan rings is 1. The number of rotatable bonds is 7. The van der Waals surface area contributed by atoms with E-state index in [0.717, 1.165) is 22.6 Å². The normalized spacial score (nSPS) is 15.5. The van der Waals surface area contributed by atoms with Gasteiger partial charge in [-0.2, -0.15) is 5.10 Å². The first-order chi connectivity index (χ1) is 16.2. The van der Waals surface area contributed by atoms with Gasteiger partial charge in [0.15, 0.2) is 5.76 Å². The summed E-state index contributed by atoms with van der Waals surface area (Å²) in [4.78, 5) is 13.2. The summed E-state index contributed by atoms with van der Waals surface area (Å²) < 4.78 is 16.1. The van der Waals surface area contributed by atoms with Crippen LogP contribution in [0.4, 0.5) is 0 Å². The van der Waals surface area contributed by atoms with Gasteiger partial charge in [0.25, 0.3) is 17.0 Å². The van der Waals surface area contributed by atoms with E-state index in [9.17, 15) is 4.79 Å². The summed E-state index contributed by atoms with van der Waals surface area (Å²) in [5.74, 6) is 1.48. The topological polar surface area (TPSA) is 94.0 Å². The standard InChI is InChI=1S/C24H20N4O4S/c1-30-18-11-9-17(10-12-18)20-14-19(16-6-3-2-4-7-16)27-28(20)22(29)15-33-24-26-25-23(32-24)21-8-5-13-31-21/h2-13,20H,14-15H2,1H3/t20-/m0/s1. The molecule has 0 fully saturated rings. The van der Waals surface area contributed by atoms with Crippen LogP contribution in [0.15, 0.2) is 92.2 Å². The number of thioether (sulfide) groups is 1. The Bertz CT molecular complexity index is 1250. The van der Waals surface area contributed by atoms with E-state index in [-0.39, 0.29) is 23.6 Å². The first-order valence-electron chi connectivity index (χ1n) is 10.3. The maximum absolute atomic E-state index is 13.2. The summed E-state index contributed by atoms with van der Waals surface area (Å²) in [6.45, 7) is 0. The minimum absolute atomic E-state index is 0.109. The van der Waals surface area contributed by atoms with Crippen LogP contribution < -0.4 is 4.74 Å². The Hall–Kier alpha value is -3.85. The van der Waals surface area contributed by atoms with E-state index in [1.807, 2.05) is 54.6 Å². The highest BCUT2D eigenvalue weighted by Crippen LogP contribution is 2.34. The smallest absolute Gasteiger partial charge is 0.284 e. The van der Waals surface area contributed by atoms with Crippen molar-refractivity contribution in [2.45, 2.75) is 17.7 Å². The molecule has 3 heterocycles. The SMILES string of the molecule is COc1ccc([C@@H]2CC(c3ccccc3)=NN2C(=O)CSc2nnc(-c3ccco3)o2)cc1. The van der Waals surface area contributed by atoms with E-state index >= 15 is 0 Å². The molecule has 0 spiro atoms. The van der Waals surface area contributed by atoms with Crippen LogP contribution in [0.5, 0.6) is 5.75 Å². The van der Waals surface area contributed by atoms with Crippen molar-refractivity contribution in [3.05, 3.63) is 84.1 Å². The van der Waals surface area contributed by atoms with E-state index in [0.29, 0.717) is 17.4 Å². The number of hydrazone groups is 1. The van der Waals surface area contributed by atoms with Crippen LogP contribution in [0.2, 0.25) is 0 Å². The van der Waals surface area contributed by atoms with Crippen molar-refractivity contribution in [2.24, 2.45) is 5.10 Å². The first kappa shape index (κ1) is 21.0. The predicted octanol–water partition coefficient (Wildman–Crippen LogP) is 4.81. The van der Waals surface area contributed by atoms with Gasteiger partial charge < -0.3 is 13.6 Å². The van der Waals surface area contributed by atoms with Gasteiger partial charge in [-0.15, -0.1) is 10.2 Å². The Kier molecular flexibility index (Phi) is 5.95. The molecule has 1 amide bonds. The number of benzene rings is 2. The van der Waals surface area contributed by atoms with Crippen molar-refractivity contribution in [1.82, 2.24) is 15.2 Å². The number of carbonyl (C=O) groups is 1. The largest absolute Gasteiger partial charge is 0.497 e. The fourth-order valence-corrected chi connectivity index (χ4v) is 4.20. The highest BCUT2D eigenvalue weighted by molar-refractivity contribution is 7.99. The molecular weight excluding hydrogens is 440 g/mol. The third kappa shape index (κ3) is 4.54. The molecule has 1 aliphatic rings. The highest BCUT2D eigenvalue weighted by Gasteiger charge is 2.33. The van der Waals surface area contributed by atoms with Crippen molar-refractivity contribution in [2.75, 3.05) is 12.9 Å². The van der Waals surface area contributed by atoms with Gasteiger partial charge in [-0.3, -0.25) is 4.79 Å². The van der Waals surface area contributed by atoms with Crippen LogP contribution in [0.3, 0.4) is 0 Å². The third-order valence-corrected chi connectivity index (χ3v) is 6.03. The van der Waals surface area contributed by atoms with Gasteiger partial charge >= 0.3 is 0 Å². The number of methoxy groups -OCH3 is 1. The van der Waals surface area contributed by atoms with E-state index in [4.69, 9.17) is 18.7 Å². The lowest BCUT2D eigenvalue weighted by atomic mass is 9.98. The predicted molar refractivity (Wildman–Crippen MR) is 123 cm³/mol. The van der Waals surface area contributed by atoms with E-state index in [1.54, 1.807) is 24.3 Å². The first-order valence-corrected chi connectivity index (χ1v) is 11.3. The number of nitrogens with zero attached hydrogens (tertiary/aromatic N) is 4. The van der Waals surface area contributed by atoms with Crippen LogP contribution in [0, 0.1) is 0 Å². The van der Waals surface area contributed by atoms with Crippen molar-refractivity contribution in [3.8, 4) is 17.4 Å². The van der Waals surface area contributed by atoms with Gasteiger partial charge in [-0.1, -0.05) is 54.2 Å². The minimum Gasteiger partial charge on any atom is -0.497 e. The molecule has 2 aromatic heterocycles. The quantitative estimate of drug-likeness (QED) is 0.365. The van der Waals surface area contributed by atoms with Crippen LogP contribution >= 0.6 is 11.8 Å². The number of ether oxygens (including phenoxy) is 1. The van der Waals surface area contributed by atoms with E-state index in [2.05, 4.69) is 10.2 Å². The number of amides is 1. The van der Waals surface area contributed by atoms with Crippen LogP contribution in [-0.4, -0.2) is 39.7 Å². The van der Waals surface area contributed by atoms with Gasteiger partial charge in [-0.05, 0) is 35.4 Å². The lowest BCUT2D eigenvalue weighted by Gasteiger charge is -2.22. The zero-order valence-electron chi connectivity index (χ0n) is 17.7. The summed E-state index contributed by atoms with van der Waals surface area (Å²) in [6.07, 6.45) is 2.15. The van der Waals surface area contributed by atoms with Crippen LogP contribution in [-0.2, 0) is 4.79 Å². The molecule has 4 aromatic rings. The molecule has 2 aromatic carbocycles. The van der Waals surface area contributed by atoms with Gasteiger partial charge in [0.2, 0.25) is 0 Å². The van der Waals surface area contributed by atoms with Gasteiger partial charge in [-0.25, -0.2) is 5.01 Å². The summed E-state index contributed by atoms with van der Waals surface area (Å²) >= 11 is 1.17. The van der Waals surface area contributed by atoms with Crippen LogP contribution in [0.25, 0.3) is 11.7 Å². The average molecular weight is 461 g/mol. The van der Waals surface area contributed by atoms with Gasteiger partial charge in [0, 0.05) is 6.42 Å². The zero-order valence-corrected chi connectivity index (χ0v) is 18.6. The molecule has 1 aliphatic heterocycles. The fourth-order valence-electron chi connectivity index (χ4n) is 3.59. The van der Waals surface area contributed by atoms with Crippen molar-refractivity contribution < 1.29 is 18.4 Å². The molecule has 8 nitrogen and oxygen atoms in total. The molecule has 0 bridgehead atoms. The molecule has 33 heavy (non-hydrogen) atoms. The monoisotopic (exact) mass is 460 g/mol. The number of carbonyl (C=O) groups excluding carboxylic acids is 1. The summed E-state index contributed by atoms with van der Waals surface area (Å²) in [7, 11) is 1.63. The number of aromatic nitrogens is 2. The molecule has 166 valence electrons. The second-order valence-electron chi connectivity index (χ2n) is 7.28. The molecule has 0 unspecified atom stereocenters. The Morgan fingerprint density at radius 2 is 1.91 bits per heavy atom.